The predicted octanol–water partition coefficient (Wildman–Crippen LogP) is 6.01. The minimum absolute atomic E-state index is 0.209. The molecule has 0 aliphatic heterocycles. The van der Waals surface area contributed by atoms with E-state index >= 15 is 0 Å². The SMILES string of the molecule is Cc1ccccc1-c1nnc(-c2cc(C(C)(C)C)c(O)c(C(C)(C)C)c2)o1. The fourth-order valence-corrected chi connectivity index (χ4v) is 3.16. The topological polar surface area (TPSA) is 59.2 Å². The Hall–Kier alpha value is -2.62. The molecule has 0 aliphatic rings. The molecule has 4 heteroatoms. The molecule has 0 saturated heterocycles. The highest BCUT2D eigenvalue weighted by Crippen LogP contribution is 2.42. The Labute approximate surface area is 161 Å². The molecule has 0 fully saturated rings. The molecule has 0 radical (unpaired) electrons. The molecule has 1 aromatic heterocycles. The molecule has 0 unspecified atom stereocenters. The molecular formula is C23H28N2O2. The molecule has 3 aromatic rings. The lowest BCUT2D eigenvalue weighted by molar-refractivity contribution is 0.423. The summed E-state index contributed by atoms with van der Waals surface area (Å²) in [5.41, 5.74) is 4.18. The molecule has 0 bridgehead atoms. The highest BCUT2D eigenvalue weighted by molar-refractivity contribution is 5.65. The highest BCUT2D eigenvalue weighted by Gasteiger charge is 2.28. The van der Waals surface area contributed by atoms with Crippen molar-refractivity contribution in [1.82, 2.24) is 10.2 Å². The van der Waals surface area contributed by atoms with Crippen LogP contribution >= 0.6 is 0 Å². The monoisotopic (exact) mass is 364 g/mol. The van der Waals surface area contributed by atoms with Crippen molar-refractivity contribution in [3.63, 3.8) is 0 Å². The van der Waals surface area contributed by atoms with Gasteiger partial charge in [0.1, 0.15) is 5.75 Å². The van der Waals surface area contributed by atoms with Gasteiger partial charge in [-0.2, -0.15) is 0 Å². The van der Waals surface area contributed by atoms with Crippen molar-refractivity contribution in [2.45, 2.75) is 59.3 Å². The van der Waals surface area contributed by atoms with Gasteiger partial charge in [0.05, 0.1) is 0 Å². The molecule has 0 amide bonds. The van der Waals surface area contributed by atoms with E-state index in [0.717, 1.165) is 27.8 Å². The molecule has 0 aliphatic carbocycles. The van der Waals surface area contributed by atoms with Crippen LogP contribution in [0.1, 0.15) is 58.2 Å². The quantitative estimate of drug-likeness (QED) is 0.605. The van der Waals surface area contributed by atoms with Crippen LogP contribution in [0.2, 0.25) is 0 Å². The van der Waals surface area contributed by atoms with Crippen molar-refractivity contribution in [2.24, 2.45) is 0 Å². The molecule has 0 atom stereocenters. The van der Waals surface area contributed by atoms with Gasteiger partial charge in [-0.05, 0) is 41.5 Å². The average molecular weight is 364 g/mol. The number of aromatic hydroxyl groups is 1. The molecule has 27 heavy (non-hydrogen) atoms. The van der Waals surface area contributed by atoms with Crippen molar-refractivity contribution in [3.05, 3.63) is 53.1 Å². The van der Waals surface area contributed by atoms with E-state index < -0.39 is 0 Å². The molecule has 3 rings (SSSR count). The van der Waals surface area contributed by atoms with E-state index in [1.54, 1.807) is 0 Å². The van der Waals surface area contributed by atoms with Gasteiger partial charge in [0.15, 0.2) is 0 Å². The number of benzene rings is 2. The molecule has 1 heterocycles. The summed E-state index contributed by atoms with van der Waals surface area (Å²) >= 11 is 0. The second-order valence-corrected chi connectivity index (χ2v) is 9.15. The summed E-state index contributed by atoms with van der Waals surface area (Å²) in [6.07, 6.45) is 0. The number of hydrogen-bond acceptors (Lipinski definition) is 4. The van der Waals surface area contributed by atoms with Crippen molar-refractivity contribution < 1.29 is 9.52 Å². The first-order valence-electron chi connectivity index (χ1n) is 9.26. The van der Waals surface area contributed by atoms with Crippen LogP contribution in [0.5, 0.6) is 5.75 Å². The van der Waals surface area contributed by atoms with Crippen LogP contribution < -0.4 is 0 Å². The van der Waals surface area contributed by atoms with Crippen LogP contribution in [0.4, 0.5) is 0 Å². The second kappa shape index (κ2) is 6.52. The predicted molar refractivity (Wildman–Crippen MR) is 109 cm³/mol. The Morgan fingerprint density at radius 3 is 1.85 bits per heavy atom. The van der Waals surface area contributed by atoms with Crippen LogP contribution in [-0.2, 0) is 10.8 Å². The first kappa shape index (κ1) is 19.2. The van der Waals surface area contributed by atoms with Crippen LogP contribution in [0.3, 0.4) is 0 Å². The van der Waals surface area contributed by atoms with Gasteiger partial charge in [0, 0.05) is 22.3 Å². The molecular weight excluding hydrogens is 336 g/mol. The standard InChI is InChI=1S/C23H28N2O2/c1-14-10-8-9-11-16(14)21-25-24-20(27-21)15-12-17(22(2,3)4)19(26)18(13-15)23(5,6)7/h8-13,26H,1-7H3. The van der Waals surface area contributed by atoms with Gasteiger partial charge in [-0.15, -0.1) is 10.2 Å². The lowest BCUT2D eigenvalue weighted by Gasteiger charge is -2.27. The normalized spacial score (nSPS) is 12.4. The summed E-state index contributed by atoms with van der Waals surface area (Å²) < 4.78 is 6.01. The highest BCUT2D eigenvalue weighted by atomic mass is 16.4. The van der Waals surface area contributed by atoms with Gasteiger partial charge in [-0.1, -0.05) is 59.7 Å². The molecule has 0 saturated carbocycles. The number of phenols is 1. The third kappa shape index (κ3) is 3.75. The van der Waals surface area contributed by atoms with Gasteiger partial charge in [-0.25, -0.2) is 0 Å². The van der Waals surface area contributed by atoms with Gasteiger partial charge in [0.25, 0.3) is 0 Å². The van der Waals surface area contributed by atoms with Gasteiger partial charge >= 0.3 is 0 Å². The number of aromatic nitrogens is 2. The maximum absolute atomic E-state index is 10.9. The fourth-order valence-electron chi connectivity index (χ4n) is 3.16. The Kier molecular flexibility index (Phi) is 4.62. The van der Waals surface area contributed by atoms with E-state index in [0.29, 0.717) is 17.5 Å². The lowest BCUT2D eigenvalue weighted by atomic mass is 9.78. The van der Waals surface area contributed by atoms with E-state index in [4.69, 9.17) is 4.42 Å². The number of nitrogens with zero attached hydrogens (tertiary/aromatic N) is 2. The average Bonchev–Trinajstić information content (AvgIpc) is 3.03. The van der Waals surface area contributed by atoms with E-state index in [1.807, 2.05) is 43.3 Å². The fraction of sp³-hybridized carbons (Fsp3) is 0.391. The number of aryl methyl sites for hydroxylation is 1. The smallest absolute Gasteiger partial charge is 0.248 e. The van der Waals surface area contributed by atoms with Gasteiger partial charge < -0.3 is 9.52 Å². The summed E-state index contributed by atoms with van der Waals surface area (Å²) in [6.45, 7) is 14.6. The summed E-state index contributed by atoms with van der Waals surface area (Å²) in [6, 6.07) is 11.9. The number of hydrogen-bond donors (Lipinski definition) is 1. The van der Waals surface area contributed by atoms with E-state index in [1.165, 1.54) is 0 Å². The Morgan fingerprint density at radius 2 is 1.33 bits per heavy atom. The summed E-state index contributed by atoms with van der Waals surface area (Å²) in [4.78, 5) is 0. The van der Waals surface area contributed by atoms with Crippen LogP contribution in [0, 0.1) is 6.92 Å². The zero-order valence-corrected chi connectivity index (χ0v) is 17.2. The summed E-state index contributed by atoms with van der Waals surface area (Å²) in [7, 11) is 0. The zero-order chi connectivity index (χ0) is 20.0. The van der Waals surface area contributed by atoms with Crippen molar-refractivity contribution in [2.75, 3.05) is 0 Å². The minimum Gasteiger partial charge on any atom is -0.507 e. The van der Waals surface area contributed by atoms with E-state index in [2.05, 4.69) is 51.7 Å². The van der Waals surface area contributed by atoms with Crippen LogP contribution in [-0.4, -0.2) is 15.3 Å². The molecule has 142 valence electrons. The lowest BCUT2D eigenvalue weighted by Crippen LogP contribution is -2.17. The maximum Gasteiger partial charge on any atom is 0.248 e. The van der Waals surface area contributed by atoms with Gasteiger partial charge in [0.2, 0.25) is 11.8 Å². The third-order valence-electron chi connectivity index (χ3n) is 4.77. The minimum atomic E-state index is -0.209. The Balaban J connectivity index is 2.17. The third-order valence-corrected chi connectivity index (χ3v) is 4.77. The molecule has 1 N–H and O–H groups in total. The second-order valence-electron chi connectivity index (χ2n) is 9.15. The van der Waals surface area contributed by atoms with Crippen LogP contribution in [0.15, 0.2) is 40.8 Å². The zero-order valence-electron chi connectivity index (χ0n) is 17.2. The van der Waals surface area contributed by atoms with E-state index in [9.17, 15) is 5.11 Å². The first-order chi connectivity index (χ1) is 12.5. The van der Waals surface area contributed by atoms with E-state index in [-0.39, 0.29) is 10.8 Å². The molecule has 4 nitrogen and oxygen atoms in total. The van der Waals surface area contributed by atoms with Crippen LogP contribution in [0.25, 0.3) is 22.9 Å². The summed E-state index contributed by atoms with van der Waals surface area (Å²) in [5, 5.41) is 19.4. The van der Waals surface area contributed by atoms with Crippen molar-refractivity contribution >= 4 is 0 Å². The largest absolute Gasteiger partial charge is 0.507 e. The first-order valence-corrected chi connectivity index (χ1v) is 9.26. The Morgan fingerprint density at radius 1 is 0.815 bits per heavy atom. The maximum atomic E-state index is 10.9. The summed E-state index contributed by atoms with van der Waals surface area (Å²) in [5.74, 6) is 1.31. The van der Waals surface area contributed by atoms with Crippen molar-refractivity contribution in [3.8, 4) is 28.7 Å². The van der Waals surface area contributed by atoms with Crippen molar-refractivity contribution in [1.29, 1.82) is 0 Å². The molecule has 2 aromatic carbocycles. The molecule has 0 spiro atoms. The Bertz CT molecular complexity index is 938. The van der Waals surface area contributed by atoms with Gasteiger partial charge in [-0.3, -0.25) is 0 Å². The number of rotatable bonds is 2. The number of phenolic OH excluding ortho intramolecular Hbond substituents is 1.